The average molecular weight is 406 g/mol. The Hall–Kier alpha value is -1.19. The van der Waals surface area contributed by atoms with Crippen molar-refractivity contribution in [2.24, 2.45) is 11.7 Å². The van der Waals surface area contributed by atoms with Gasteiger partial charge in [0.15, 0.2) is 0 Å². The van der Waals surface area contributed by atoms with Crippen molar-refractivity contribution in [3.05, 3.63) is 29.8 Å². The summed E-state index contributed by atoms with van der Waals surface area (Å²) in [5.41, 5.74) is 6.59. The highest BCUT2D eigenvalue weighted by molar-refractivity contribution is 7.89. The minimum Gasteiger partial charge on any atom is -0.377 e. The molecule has 1 fully saturated rings. The monoisotopic (exact) mass is 405 g/mol. The second kappa shape index (κ2) is 10.2. The summed E-state index contributed by atoms with van der Waals surface area (Å²) in [4.78, 5) is 12.0. The molecule has 1 unspecified atom stereocenters. The summed E-state index contributed by atoms with van der Waals surface area (Å²) in [6, 6.07) is 5.87. The van der Waals surface area contributed by atoms with Gasteiger partial charge in [0.1, 0.15) is 0 Å². The van der Waals surface area contributed by atoms with E-state index < -0.39 is 16.1 Å². The molecule has 1 aromatic carbocycles. The number of amides is 1. The maximum Gasteiger partial charge on any atom is 0.240 e. The Balaban J connectivity index is 0.00000338. The molecule has 7 nitrogen and oxygen atoms in total. The largest absolute Gasteiger partial charge is 0.377 e. The van der Waals surface area contributed by atoms with Crippen LogP contribution in [0.2, 0.25) is 0 Å². The third kappa shape index (κ3) is 6.51. The Bertz CT molecular complexity index is 674. The highest BCUT2D eigenvalue weighted by atomic mass is 35.5. The topological polar surface area (TPSA) is 111 Å². The first-order chi connectivity index (χ1) is 11.8. The highest BCUT2D eigenvalue weighted by Crippen LogP contribution is 2.14. The number of nitrogens with two attached hydrogens (primary N) is 1. The van der Waals surface area contributed by atoms with Crippen LogP contribution in [0.4, 0.5) is 0 Å². The van der Waals surface area contributed by atoms with Crippen molar-refractivity contribution in [2.45, 2.75) is 50.3 Å². The zero-order valence-corrected chi connectivity index (χ0v) is 16.7. The van der Waals surface area contributed by atoms with E-state index >= 15 is 0 Å². The van der Waals surface area contributed by atoms with Crippen molar-refractivity contribution in [3.63, 3.8) is 0 Å². The summed E-state index contributed by atoms with van der Waals surface area (Å²) in [5.74, 6) is -0.160. The molecule has 2 rings (SSSR count). The van der Waals surface area contributed by atoms with E-state index in [0.29, 0.717) is 13.2 Å². The molecule has 9 heteroatoms. The fraction of sp³-hybridized carbons (Fsp3) is 0.588. The van der Waals surface area contributed by atoms with Crippen LogP contribution in [-0.4, -0.2) is 39.6 Å². The molecule has 26 heavy (non-hydrogen) atoms. The molecule has 0 bridgehead atoms. The molecule has 0 spiro atoms. The van der Waals surface area contributed by atoms with E-state index in [4.69, 9.17) is 10.5 Å². The van der Waals surface area contributed by atoms with Crippen LogP contribution in [0, 0.1) is 5.92 Å². The van der Waals surface area contributed by atoms with E-state index in [-0.39, 0.29) is 41.8 Å². The lowest BCUT2D eigenvalue weighted by Gasteiger charge is -2.15. The summed E-state index contributed by atoms with van der Waals surface area (Å²) in [7, 11) is -3.56. The second-order valence-electron chi connectivity index (χ2n) is 6.62. The van der Waals surface area contributed by atoms with Gasteiger partial charge < -0.3 is 15.8 Å². The number of hydrogen-bond donors (Lipinski definition) is 3. The number of sulfonamides is 1. The molecule has 2 atom stereocenters. The third-order valence-corrected chi connectivity index (χ3v) is 5.69. The number of benzene rings is 1. The van der Waals surface area contributed by atoms with Gasteiger partial charge in [-0.25, -0.2) is 13.1 Å². The lowest BCUT2D eigenvalue weighted by atomic mass is 10.0. The molecule has 148 valence electrons. The van der Waals surface area contributed by atoms with E-state index in [0.717, 1.165) is 18.4 Å². The van der Waals surface area contributed by atoms with Crippen LogP contribution in [0.5, 0.6) is 0 Å². The first kappa shape index (κ1) is 22.9. The number of hydrogen-bond acceptors (Lipinski definition) is 5. The van der Waals surface area contributed by atoms with Crippen LogP contribution in [0.25, 0.3) is 0 Å². The zero-order valence-electron chi connectivity index (χ0n) is 15.1. The summed E-state index contributed by atoms with van der Waals surface area (Å²) in [5, 5.41) is 2.75. The van der Waals surface area contributed by atoms with E-state index in [9.17, 15) is 13.2 Å². The Labute approximate surface area is 161 Å². The van der Waals surface area contributed by atoms with Gasteiger partial charge in [0.05, 0.1) is 17.0 Å². The van der Waals surface area contributed by atoms with Gasteiger partial charge in [0, 0.05) is 19.7 Å². The minimum atomic E-state index is -3.56. The predicted octanol–water partition coefficient (Wildman–Crippen LogP) is 1.17. The van der Waals surface area contributed by atoms with Gasteiger partial charge in [0.25, 0.3) is 0 Å². The van der Waals surface area contributed by atoms with Crippen molar-refractivity contribution >= 4 is 28.3 Å². The van der Waals surface area contributed by atoms with Crippen LogP contribution in [0.1, 0.15) is 32.3 Å². The fourth-order valence-electron chi connectivity index (χ4n) is 2.49. The molecule has 0 radical (unpaired) electrons. The van der Waals surface area contributed by atoms with Crippen LogP contribution in [0.3, 0.4) is 0 Å². The summed E-state index contributed by atoms with van der Waals surface area (Å²) < 4.78 is 32.5. The van der Waals surface area contributed by atoms with Gasteiger partial charge in [-0.3, -0.25) is 4.79 Å². The van der Waals surface area contributed by atoms with E-state index in [1.165, 1.54) is 12.1 Å². The van der Waals surface area contributed by atoms with Crippen molar-refractivity contribution in [2.75, 3.05) is 13.2 Å². The SMILES string of the molecule is CC(C)[C@H](N)C(=O)NCc1ccc(S(=O)(=O)NCC2CCCO2)cc1.Cl. The first-order valence-electron chi connectivity index (χ1n) is 8.53. The molecule has 1 aromatic rings. The zero-order chi connectivity index (χ0) is 18.4. The van der Waals surface area contributed by atoms with Gasteiger partial charge in [-0.2, -0.15) is 0 Å². The van der Waals surface area contributed by atoms with Crippen molar-refractivity contribution < 1.29 is 17.9 Å². The lowest BCUT2D eigenvalue weighted by molar-refractivity contribution is -0.123. The summed E-state index contributed by atoms with van der Waals surface area (Å²) in [6.07, 6.45) is 1.79. The number of nitrogens with one attached hydrogen (secondary N) is 2. The molecule has 1 aliphatic rings. The molecule has 4 N–H and O–H groups in total. The lowest BCUT2D eigenvalue weighted by Crippen LogP contribution is -2.43. The van der Waals surface area contributed by atoms with E-state index in [2.05, 4.69) is 10.0 Å². The maximum absolute atomic E-state index is 12.3. The molecule has 0 saturated carbocycles. The Morgan fingerprint density at radius 3 is 2.50 bits per heavy atom. The van der Waals surface area contributed by atoms with Crippen LogP contribution < -0.4 is 15.8 Å². The Morgan fingerprint density at radius 1 is 1.31 bits per heavy atom. The smallest absolute Gasteiger partial charge is 0.240 e. The average Bonchev–Trinajstić information content (AvgIpc) is 3.11. The maximum atomic E-state index is 12.3. The minimum absolute atomic E-state index is 0. The normalized spacial score (nSPS) is 18.4. The number of rotatable bonds is 8. The Morgan fingerprint density at radius 2 is 1.96 bits per heavy atom. The molecule has 1 saturated heterocycles. The molecule has 0 aromatic heterocycles. The van der Waals surface area contributed by atoms with Crippen molar-refractivity contribution in [3.8, 4) is 0 Å². The molecular formula is C17H28ClN3O4S. The summed E-state index contributed by atoms with van der Waals surface area (Å²) in [6.45, 7) is 5.05. The van der Waals surface area contributed by atoms with Gasteiger partial charge in [-0.15, -0.1) is 12.4 Å². The van der Waals surface area contributed by atoms with Gasteiger partial charge in [-0.05, 0) is 36.5 Å². The van der Waals surface area contributed by atoms with Crippen LogP contribution >= 0.6 is 12.4 Å². The van der Waals surface area contributed by atoms with Crippen LogP contribution in [-0.2, 0) is 26.1 Å². The van der Waals surface area contributed by atoms with Gasteiger partial charge in [-0.1, -0.05) is 26.0 Å². The molecule has 1 heterocycles. The standard InChI is InChI=1S/C17H27N3O4S.ClH/c1-12(2)16(18)17(21)19-10-13-5-7-15(8-6-13)25(22,23)20-11-14-4-3-9-24-14;/h5-8,12,14,16,20H,3-4,9-11,18H2,1-2H3,(H,19,21);1H/t14?,16-;/m0./s1. The van der Waals surface area contributed by atoms with Crippen molar-refractivity contribution in [1.29, 1.82) is 0 Å². The van der Waals surface area contributed by atoms with E-state index in [1.54, 1.807) is 12.1 Å². The van der Waals surface area contributed by atoms with E-state index in [1.807, 2.05) is 13.8 Å². The highest BCUT2D eigenvalue weighted by Gasteiger charge is 2.20. The number of ether oxygens (including phenoxy) is 1. The quantitative estimate of drug-likeness (QED) is 0.601. The van der Waals surface area contributed by atoms with Gasteiger partial charge >= 0.3 is 0 Å². The number of carbonyl (C=O) groups excluding carboxylic acids is 1. The Kier molecular flexibility index (Phi) is 8.99. The van der Waals surface area contributed by atoms with Gasteiger partial charge in [0.2, 0.25) is 15.9 Å². The molecular weight excluding hydrogens is 378 g/mol. The van der Waals surface area contributed by atoms with Crippen molar-refractivity contribution in [1.82, 2.24) is 10.0 Å². The molecule has 1 amide bonds. The number of halogens is 1. The molecule has 0 aliphatic carbocycles. The second-order valence-corrected chi connectivity index (χ2v) is 8.39. The first-order valence-corrected chi connectivity index (χ1v) is 10.0. The van der Waals surface area contributed by atoms with Crippen LogP contribution in [0.15, 0.2) is 29.2 Å². The summed E-state index contributed by atoms with van der Waals surface area (Å²) >= 11 is 0. The molecule has 1 aliphatic heterocycles. The number of carbonyl (C=O) groups is 1. The third-order valence-electron chi connectivity index (χ3n) is 4.25. The predicted molar refractivity (Wildman–Crippen MR) is 103 cm³/mol. The fourth-order valence-corrected chi connectivity index (χ4v) is 3.55.